The van der Waals surface area contributed by atoms with Crippen LogP contribution in [0.4, 0.5) is 18.9 Å². The maximum absolute atomic E-state index is 13.3. The van der Waals surface area contributed by atoms with Gasteiger partial charge in [-0.15, -0.1) is 0 Å². The number of halogens is 3. The lowest BCUT2D eigenvalue weighted by Crippen LogP contribution is -2.14. The Morgan fingerprint density at radius 1 is 1.28 bits per heavy atom. The van der Waals surface area contributed by atoms with Gasteiger partial charge in [-0.25, -0.2) is 13.2 Å². The van der Waals surface area contributed by atoms with Crippen LogP contribution in [0.25, 0.3) is 0 Å². The summed E-state index contributed by atoms with van der Waals surface area (Å²) in [4.78, 5) is 11.6. The van der Waals surface area contributed by atoms with E-state index in [1.165, 1.54) is 17.1 Å². The molecule has 1 N–H and O–H groups in total. The maximum atomic E-state index is 13.3. The molecule has 0 radical (unpaired) electrons. The molecule has 1 aromatic heterocycles. The Kier molecular flexibility index (Phi) is 3.05. The smallest absolute Gasteiger partial charge is 0.258 e. The van der Waals surface area contributed by atoms with Crippen LogP contribution in [0.1, 0.15) is 10.4 Å². The van der Waals surface area contributed by atoms with E-state index in [1.54, 1.807) is 7.05 Å². The summed E-state index contributed by atoms with van der Waals surface area (Å²) in [7, 11) is 1.63. The summed E-state index contributed by atoms with van der Waals surface area (Å²) in [5, 5.41) is 6.11. The number of rotatable bonds is 2. The van der Waals surface area contributed by atoms with Crippen molar-refractivity contribution in [3.8, 4) is 0 Å². The highest BCUT2D eigenvalue weighted by atomic mass is 19.2. The van der Waals surface area contributed by atoms with E-state index >= 15 is 0 Å². The third kappa shape index (κ3) is 2.20. The number of carbonyl (C=O) groups excluding carboxylic acids is 1. The minimum Gasteiger partial charge on any atom is -0.319 e. The molecule has 94 valence electrons. The number of benzene rings is 1. The fourth-order valence-corrected chi connectivity index (χ4v) is 1.39. The number of hydrogen-bond acceptors (Lipinski definition) is 2. The van der Waals surface area contributed by atoms with Gasteiger partial charge in [0.15, 0.2) is 17.5 Å². The van der Waals surface area contributed by atoms with Crippen LogP contribution < -0.4 is 5.32 Å². The van der Waals surface area contributed by atoms with Gasteiger partial charge < -0.3 is 5.32 Å². The molecule has 0 aliphatic heterocycles. The van der Waals surface area contributed by atoms with Crippen LogP contribution in [-0.2, 0) is 7.05 Å². The Bertz CT molecular complexity index is 610. The van der Waals surface area contributed by atoms with Gasteiger partial charge in [-0.1, -0.05) is 0 Å². The van der Waals surface area contributed by atoms with Crippen molar-refractivity contribution in [2.45, 2.75) is 0 Å². The van der Waals surface area contributed by atoms with E-state index in [0.717, 1.165) is 6.07 Å². The van der Waals surface area contributed by atoms with Crippen LogP contribution in [-0.4, -0.2) is 15.7 Å². The summed E-state index contributed by atoms with van der Waals surface area (Å²) in [6, 6.07) is 1.57. The van der Waals surface area contributed by atoms with Gasteiger partial charge in [-0.05, 0) is 12.1 Å². The lowest BCUT2D eigenvalue weighted by atomic mass is 10.2. The molecule has 0 aliphatic carbocycles. The van der Waals surface area contributed by atoms with E-state index in [-0.39, 0.29) is 0 Å². The molecule has 2 aromatic rings. The standard InChI is InChI=1S/C11H8F3N3O/c1-17-5-6(4-15-17)16-11(18)7-2-3-8(12)10(14)9(7)13/h2-5H,1H3,(H,16,18). The molecular formula is C11H8F3N3O. The molecule has 0 bridgehead atoms. The molecular weight excluding hydrogens is 247 g/mol. The lowest BCUT2D eigenvalue weighted by molar-refractivity contribution is 0.102. The minimum atomic E-state index is -1.67. The Labute approximate surface area is 100 Å². The van der Waals surface area contributed by atoms with E-state index in [0.29, 0.717) is 11.8 Å². The van der Waals surface area contributed by atoms with Crippen LogP contribution in [0.2, 0.25) is 0 Å². The van der Waals surface area contributed by atoms with Crippen LogP contribution >= 0.6 is 0 Å². The van der Waals surface area contributed by atoms with E-state index < -0.39 is 28.9 Å². The van der Waals surface area contributed by atoms with Crippen molar-refractivity contribution < 1.29 is 18.0 Å². The zero-order valence-corrected chi connectivity index (χ0v) is 9.25. The van der Waals surface area contributed by atoms with Gasteiger partial charge in [0.2, 0.25) is 0 Å². The summed E-state index contributed by atoms with van der Waals surface area (Å²) in [5.41, 5.74) is -0.246. The number of aryl methyl sites for hydroxylation is 1. The Morgan fingerprint density at radius 3 is 2.61 bits per heavy atom. The van der Waals surface area contributed by atoms with Crippen LogP contribution in [0.15, 0.2) is 24.5 Å². The van der Waals surface area contributed by atoms with Crippen LogP contribution in [0.5, 0.6) is 0 Å². The summed E-state index contributed by atoms with van der Waals surface area (Å²) in [6.45, 7) is 0. The topological polar surface area (TPSA) is 46.9 Å². The van der Waals surface area contributed by atoms with Gasteiger partial charge >= 0.3 is 0 Å². The second kappa shape index (κ2) is 4.52. The number of anilines is 1. The Hall–Kier alpha value is -2.31. The van der Waals surface area contributed by atoms with E-state index in [9.17, 15) is 18.0 Å². The third-order valence-electron chi connectivity index (χ3n) is 2.24. The molecule has 2 rings (SSSR count). The summed E-state index contributed by atoms with van der Waals surface area (Å²) in [6.07, 6.45) is 2.82. The normalized spacial score (nSPS) is 10.4. The predicted octanol–water partition coefficient (Wildman–Crippen LogP) is 2.09. The molecule has 0 aliphatic rings. The van der Waals surface area contributed by atoms with Crippen molar-refractivity contribution >= 4 is 11.6 Å². The first-order valence-electron chi connectivity index (χ1n) is 4.92. The van der Waals surface area contributed by atoms with E-state index in [4.69, 9.17) is 0 Å². The first-order valence-corrected chi connectivity index (χ1v) is 4.92. The van der Waals surface area contributed by atoms with E-state index in [2.05, 4.69) is 10.4 Å². The number of aromatic nitrogens is 2. The quantitative estimate of drug-likeness (QED) is 0.835. The summed E-state index contributed by atoms with van der Waals surface area (Å²) >= 11 is 0. The predicted molar refractivity (Wildman–Crippen MR) is 57.5 cm³/mol. The molecule has 1 amide bonds. The average Bonchev–Trinajstić information content (AvgIpc) is 2.71. The number of amides is 1. The number of carbonyl (C=O) groups is 1. The monoisotopic (exact) mass is 255 g/mol. The number of nitrogens with one attached hydrogen (secondary N) is 1. The zero-order chi connectivity index (χ0) is 13.3. The van der Waals surface area contributed by atoms with Gasteiger partial charge in [0, 0.05) is 13.2 Å². The van der Waals surface area contributed by atoms with Crippen molar-refractivity contribution in [3.05, 3.63) is 47.5 Å². The molecule has 0 unspecified atom stereocenters. The van der Waals surface area contributed by atoms with Gasteiger partial charge in [0.05, 0.1) is 17.4 Å². The average molecular weight is 255 g/mol. The number of hydrogen-bond donors (Lipinski definition) is 1. The highest BCUT2D eigenvalue weighted by molar-refractivity contribution is 6.04. The van der Waals surface area contributed by atoms with Gasteiger partial charge in [0.1, 0.15) is 0 Å². The molecule has 0 spiro atoms. The minimum absolute atomic E-state index is 0.326. The Morgan fingerprint density at radius 2 is 2.00 bits per heavy atom. The first kappa shape index (κ1) is 12.2. The van der Waals surface area contributed by atoms with Gasteiger partial charge in [-0.2, -0.15) is 5.10 Å². The maximum Gasteiger partial charge on any atom is 0.258 e. The molecule has 0 saturated carbocycles. The van der Waals surface area contributed by atoms with Crippen molar-refractivity contribution in [2.75, 3.05) is 5.32 Å². The fraction of sp³-hybridized carbons (Fsp3) is 0.0909. The fourth-order valence-electron chi connectivity index (χ4n) is 1.39. The number of nitrogens with zero attached hydrogens (tertiary/aromatic N) is 2. The van der Waals surface area contributed by atoms with Crippen LogP contribution in [0.3, 0.4) is 0 Å². The Balaban J connectivity index is 2.27. The van der Waals surface area contributed by atoms with E-state index in [1.807, 2.05) is 0 Å². The molecule has 0 atom stereocenters. The summed E-state index contributed by atoms with van der Waals surface area (Å²) < 4.78 is 40.4. The van der Waals surface area contributed by atoms with Crippen molar-refractivity contribution in [2.24, 2.45) is 7.05 Å². The summed E-state index contributed by atoms with van der Waals surface area (Å²) in [5.74, 6) is -5.41. The lowest BCUT2D eigenvalue weighted by Gasteiger charge is -2.04. The second-order valence-corrected chi connectivity index (χ2v) is 3.58. The van der Waals surface area contributed by atoms with Crippen molar-refractivity contribution in [3.63, 3.8) is 0 Å². The molecule has 1 aromatic carbocycles. The molecule has 0 fully saturated rings. The molecule has 4 nitrogen and oxygen atoms in total. The first-order chi connectivity index (χ1) is 8.49. The second-order valence-electron chi connectivity index (χ2n) is 3.58. The van der Waals surface area contributed by atoms with Gasteiger partial charge in [-0.3, -0.25) is 9.48 Å². The van der Waals surface area contributed by atoms with Crippen LogP contribution in [0, 0.1) is 17.5 Å². The molecule has 1 heterocycles. The highest BCUT2D eigenvalue weighted by Gasteiger charge is 2.19. The van der Waals surface area contributed by atoms with Crippen molar-refractivity contribution in [1.82, 2.24) is 9.78 Å². The highest BCUT2D eigenvalue weighted by Crippen LogP contribution is 2.16. The van der Waals surface area contributed by atoms with Crippen molar-refractivity contribution in [1.29, 1.82) is 0 Å². The largest absolute Gasteiger partial charge is 0.319 e. The molecule has 0 saturated heterocycles. The third-order valence-corrected chi connectivity index (χ3v) is 2.24. The molecule has 7 heteroatoms. The van der Waals surface area contributed by atoms with Gasteiger partial charge in [0.25, 0.3) is 5.91 Å². The molecule has 18 heavy (non-hydrogen) atoms. The zero-order valence-electron chi connectivity index (χ0n) is 9.25. The SMILES string of the molecule is Cn1cc(NC(=O)c2ccc(F)c(F)c2F)cn1.